The summed E-state index contributed by atoms with van der Waals surface area (Å²) >= 11 is 1.14. The van der Waals surface area contributed by atoms with Gasteiger partial charge in [0.05, 0.1) is 37.5 Å². The zero-order valence-corrected chi connectivity index (χ0v) is 16.0. The van der Waals surface area contributed by atoms with Gasteiger partial charge in [-0.25, -0.2) is 14.6 Å². The monoisotopic (exact) mass is 386 g/mol. The number of aromatic nitrogens is 2. The molecule has 0 unspecified atom stereocenters. The van der Waals surface area contributed by atoms with Gasteiger partial charge in [0, 0.05) is 0 Å². The normalized spacial score (nSPS) is 10.8. The quantitative estimate of drug-likeness (QED) is 0.627. The van der Waals surface area contributed by atoms with Crippen LogP contribution in [0.1, 0.15) is 38.1 Å². The minimum absolute atomic E-state index is 0.245. The van der Waals surface area contributed by atoms with Crippen LogP contribution in [0.15, 0.2) is 35.4 Å². The van der Waals surface area contributed by atoms with E-state index in [1.165, 1.54) is 18.0 Å². The van der Waals surface area contributed by atoms with E-state index in [2.05, 4.69) is 4.98 Å². The van der Waals surface area contributed by atoms with Crippen molar-refractivity contribution in [2.45, 2.75) is 20.4 Å². The molecule has 3 aromatic rings. The molecule has 0 fully saturated rings. The second-order valence-corrected chi connectivity index (χ2v) is 6.83. The van der Waals surface area contributed by atoms with Crippen molar-refractivity contribution in [3.63, 3.8) is 0 Å². The summed E-state index contributed by atoms with van der Waals surface area (Å²) in [5.41, 5.74) is 1.51. The Bertz CT molecular complexity index is 1080. The zero-order valence-electron chi connectivity index (χ0n) is 15.1. The van der Waals surface area contributed by atoms with Crippen LogP contribution in [0.5, 0.6) is 0 Å². The maximum absolute atomic E-state index is 12.9. The molecule has 2 heterocycles. The highest BCUT2D eigenvalue weighted by Gasteiger charge is 2.20. The molecule has 0 saturated heterocycles. The van der Waals surface area contributed by atoms with Gasteiger partial charge in [0.2, 0.25) is 0 Å². The van der Waals surface area contributed by atoms with Gasteiger partial charge in [0.25, 0.3) is 5.56 Å². The molecular formula is C19H18N2O5S. The molecule has 7 nitrogen and oxygen atoms in total. The van der Waals surface area contributed by atoms with E-state index in [0.717, 1.165) is 16.9 Å². The Kier molecular flexibility index (Phi) is 5.36. The molecule has 0 aliphatic rings. The molecule has 0 radical (unpaired) electrons. The molecule has 140 valence electrons. The molecule has 1 aromatic carbocycles. The van der Waals surface area contributed by atoms with Gasteiger partial charge >= 0.3 is 11.9 Å². The average Bonchev–Trinajstić information content (AvgIpc) is 3.01. The zero-order chi connectivity index (χ0) is 19.6. The highest BCUT2D eigenvalue weighted by molar-refractivity contribution is 7.20. The second kappa shape index (κ2) is 7.71. The van der Waals surface area contributed by atoms with E-state index in [9.17, 15) is 14.4 Å². The molecule has 27 heavy (non-hydrogen) atoms. The van der Waals surface area contributed by atoms with Crippen molar-refractivity contribution in [3.05, 3.63) is 62.5 Å². The number of hydrogen-bond donors (Lipinski definition) is 0. The summed E-state index contributed by atoms with van der Waals surface area (Å²) in [5, 5.41) is 0.407. The molecule has 0 amide bonds. The number of nitrogens with zero attached hydrogens (tertiary/aromatic N) is 2. The number of fused-ring (bicyclic) bond motifs is 1. The number of methoxy groups -OCH3 is 1. The van der Waals surface area contributed by atoms with E-state index in [-0.39, 0.29) is 12.1 Å². The smallest absolute Gasteiger partial charge is 0.348 e. The van der Waals surface area contributed by atoms with Crippen LogP contribution >= 0.6 is 11.3 Å². The summed E-state index contributed by atoms with van der Waals surface area (Å²) in [6.45, 7) is 3.99. The van der Waals surface area contributed by atoms with Crippen LogP contribution in [0.25, 0.3) is 10.2 Å². The Hall–Kier alpha value is -3.00. The Labute approximate surface area is 159 Å². The number of rotatable bonds is 5. The van der Waals surface area contributed by atoms with Gasteiger partial charge in [-0.05, 0) is 37.1 Å². The van der Waals surface area contributed by atoms with Crippen LogP contribution < -0.4 is 5.56 Å². The van der Waals surface area contributed by atoms with E-state index < -0.39 is 11.9 Å². The molecular weight excluding hydrogens is 368 g/mol. The first-order valence-electron chi connectivity index (χ1n) is 8.29. The van der Waals surface area contributed by atoms with E-state index in [1.807, 2.05) is 6.07 Å². The van der Waals surface area contributed by atoms with Crippen LogP contribution in [0.4, 0.5) is 0 Å². The van der Waals surface area contributed by atoms with Gasteiger partial charge in [-0.3, -0.25) is 9.36 Å². The predicted molar refractivity (Wildman–Crippen MR) is 101 cm³/mol. The molecule has 2 aromatic heterocycles. The lowest BCUT2D eigenvalue weighted by atomic mass is 10.1. The number of carbonyl (C=O) groups is 2. The molecule has 0 aliphatic carbocycles. The maximum Gasteiger partial charge on any atom is 0.348 e. The molecule has 8 heteroatoms. The summed E-state index contributed by atoms with van der Waals surface area (Å²) in [4.78, 5) is 41.8. The third-order valence-corrected chi connectivity index (χ3v) is 5.26. The van der Waals surface area contributed by atoms with Gasteiger partial charge < -0.3 is 9.47 Å². The van der Waals surface area contributed by atoms with E-state index in [1.54, 1.807) is 32.0 Å². The lowest BCUT2D eigenvalue weighted by Gasteiger charge is -2.08. The molecule has 0 spiro atoms. The minimum Gasteiger partial charge on any atom is -0.465 e. The van der Waals surface area contributed by atoms with Gasteiger partial charge in [-0.2, -0.15) is 0 Å². The molecule has 3 rings (SSSR count). The number of thiophene rings is 1. The largest absolute Gasteiger partial charge is 0.465 e. The highest BCUT2D eigenvalue weighted by atomic mass is 32.1. The molecule has 0 saturated carbocycles. The first-order valence-corrected chi connectivity index (χ1v) is 9.10. The minimum atomic E-state index is -0.483. The number of benzene rings is 1. The second-order valence-electron chi connectivity index (χ2n) is 5.83. The number of esters is 2. The molecule has 0 atom stereocenters. The molecule has 0 aliphatic heterocycles. The fourth-order valence-electron chi connectivity index (χ4n) is 2.77. The van der Waals surface area contributed by atoms with Crippen molar-refractivity contribution in [1.82, 2.24) is 9.55 Å². The van der Waals surface area contributed by atoms with Crippen LogP contribution in [0.2, 0.25) is 0 Å². The van der Waals surface area contributed by atoms with Crippen LogP contribution in [-0.2, 0) is 16.0 Å². The fourth-order valence-corrected chi connectivity index (χ4v) is 3.82. The summed E-state index contributed by atoms with van der Waals surface area (Å²) in [5.74, 6) is -0.889. The highest BCUT2D eigenvalue weighted by Crippen LogP contribution is 2.27. The van der Waals surface area contributed by atoms with Gasteiger partial charge in [0.1, 0.15) is 9.71 Å². The Morgan fingerprint density at radius 3 is 2.74 bits per heavy atom. The SMILES string of the molecule is CCOC(=O)c1cccc(Cn2cnc3sc(C(=O)OC)c(C)c3c2=O)c1. The van der Waals surface area contributed by atoms with Crippen molar-refractivity contribution >= 4 is 33.5 Å². The number of hydrogen-bond acceptors (Lipinski definition) is 7. The molecule has 0 bridgehead atoms. The first kappa shape index (κ1) is 18.8. The van der Waals surface area contributed by atoms with Crippen molar-refractivity contribution in [2.75, 3.05) is 13.7 Å². The van der Waals surface area contributed by atoms with E-state index in [4.69, 9.17) is 9.47 Å². The third-order valence-electron chi connectivity index (χ3n) is 4.08. The fraction of sp³-hybridized carbons (Fsp3) is 0.263. The van der Waals surface area contributed by atoms with Gasteiger partial charge in [0.15, 0.2) is 0 Å². The van der Waals surface area contributed by atoms with E-state index in [0.29, 0.717) is 32.8 Å². The Morgan fingerprint density at radius 2 is 2.04 bits per heavy atom. The van der Waals surface area contributed by atoms with Crippen molar-refractivity contribution < 1.29 is 19.1 Å². The summed E-state index contributed by atoms with van der Waals surface area (Å²) in [7, 11) is 1.30. The van der Waals surface area contributed by atoms with Crippen molar-refractivity contribution in [1.29, 1.82) is 0 Å². The Balaban J connectivity index is 1.99. The van der Waals surface area contributed by atoms with Crippen LogP contribution in [0, 0.1) is 6.92 Å². The lowest BCUT2D eigenvalue weighted by Crippen LogP contribution is -2.21. The van der Waals surface area contributed by atoms with Gasteiger partial charge in [-0.1, -0.05) is 12.1 Å². The summed E-state index contributed by atoms with van der Waals surface area (Å²) in [6, 6.07) is 6.91. The number of aryl methyl sites for hydroxylation is 1. The first-order chi connectivity index (χ1) is 13.0. The third kappa shape index (κ3) is 3.61. The van der Waals surface area contributed by atoms with E-state index >= 15 is 0 Å². The van der Waals surface area contributed by atoms with Crippen LogP contribution in [0.3, 0.4) is 0 Å². The van der Waals surface area contributed by atoms with Gasteiger partial charge in [-0.15, -0.1) is 11.3 Å². The average molecular weight is 386 g/mol. The number of carbonyl (C=O) groups excluding carboxylic acids is 2. The predicted octanol–water partition coefficient (Wildman–Crippen LogP) is 2.78. The van der Waals surface area contributed by atoms with Crippen molar-refractivity contribution in [2.24, 2.45) is 0 Å². The topological polar surface area (TPSA) is 87.5 Å². The maximum atomic E-state index is 12.9. The lowest BCUT2D eigenvalue weighted by molar-refractivity contribution is 0.0525. The summed E-state index contributed by atoms with van der Waals surface area (Å²) in [6.07, 6.45) is 1.44. The summed E-state index contributed by atoms with van der Waals surface area (Å²) < 4.78 is 11.2. The number of ether oxygens (including phenoxy) is 2. The standard InChI is InChI=1S/C19H18N2O5S/c1-4-26-18(23)13-7-5-6-12(8-13)9-21-10-20-16-14(17(21)22)11(2)15(27-16)19(24)25-3/h5-8,10H,4,9H2,1-3H3. The Morgan fingerprint density at radius 1 is 1.26 bits per heavy atom. The molecule has 0 N–H and O–H groups in total. The van der Waals surface area contributed by atoms with Crippen LogP contribution in [-0.4, -0.2) is 35.2 Å². The van der Waals surface area contributed by atoms with Crippen molar-refractivity contribution in [3.8, 4) is 0 Å².